The van der Waals surface area contributed by atoms with Crippen LogP contribution in [0.15, 0.2) is 24.8 Å². The SMILES string of the molecule is C=Cc1cc(Cl)cc([C](C)C)c1. The van der Waals surface area contributed by atoms with Crippen LogP contribution in [0.25, 0.3) is 6.08 Å². The van der Waals surface area contributed by atoms with Gasteiger partial charge in [0.2, 0.25) is 0 Å². The summed E-state index contributed by atoms with van der Waals surface area (Å²) in [6.07, 6.45) is 1.80. The summed E-state index contributed by atoms with van der Waals surface area (Å²) in [7, 11) is 0. The zero-order valence-electron chi connectivity index (χ0n) is 7.39. The Morgan fingerprint density at radius 3 is 2.50 bits per heavy atom. The normalized spacial score (nSPS) is 10.3. The van der Waals surface area contributed by atoms with Gasteiger partial charge < -0.3 is 0 Å². The van der Waals surface area contributed by atoms with Crippen LogP contribution in [0.3, 0.4) is 0 Å². The fourth-order valence-electron chi connectivity index (χ4n) is 1.02. The average Bonchev–Trinajstić information content (AvgIpc) is 2.03. The average molecular weight is 180 g/mol. The summed E-state index contributed by atoms with van der Waals surface area (Å²) in [6, 6.07) is 5.94. The molecule has 12 heavy (non-hydrogen) atoms. The van der Waals surface area contributed by atoms with Crippen LogP contribution >= 0.6 is 11.6 Å². The summed E-state index contributed by atoms with van der Waals surface area (Å²) in [5.74, 6) is 1.26. The van der Waals surface area contributed by atoms with Crippen LogP contribution in [-0.2, 0) is 0 Å². The maximum absolute atomic E-state index is 5.91. The number of hydrogen-bond donors (Lipinski definition) is 0. The molecule has 0 N–H and O–H groups in total. The highest BCUT2D eigenvalue weighted by molar-refractivity contribution is 6.30. The Balaban J connectivity index is 3.14. The van der Waals surface area contributed by atoms with E-state index in [1.54, 1.807) is 6.08 Å². The van der Waals surface area contributed by atoms with Gasteiger partial charge in [-0.15, -0.1) is 0 Å². The molecular formula is C11H12Cl. The van der Waals surface area contributed by atoms with Crippen LogP contribution in [-0.4, -0.2) is 0 Å². The predicted octanol–water partition coefficient (Wildman–Crippen LogP) is 3.95. The van der Waals surface area contributed by atoms with Crippen molar-refractivity contribution in [3.63, 3.8) is 0 Å². The van der Waals surface area contributed by atoms with Crippen molar-refractivity contribution in [1.82, 2.24) is 0 Å². The minimum atomic E-state index is 0.767. The minimum Gasteiger partial charge on any atom is -0.0985 e. The predicted molar refractivity (Wildman–Crippen MR) is 55.2 cm³/mol. The summed E-state index contributed by atoms with van der Waals surface area (Å²) >= 11 is 5.91. The van der Waals surface area contributed by atoms with Crippen molar-refractivity contribution in [3.8, 4) is 0 Å². The van der Waals surface area contributed by atoms with E-state index < -0.39 is 0 Å². The zero-order chi connectivity index (χ0) is 9.14. The summed E-state index contributed by atoms with van der Waals surface area (Å²) in [6.45, 7) is 7.84. The smallest absolute Gasteiger partial charge is 0.0414 e. The van der Waals surface area contributed by atoms with Gasteiger partial charge in [0.05, 0.1) is 0 Å². The van der Waals surface area contributed by atoms with Gasteiger partial charge in [0.1, 0.15) is 0 Å². The van der Waals surface area contributed by atoms with Crippen molar-refractivity contribution < 1.29 is 0 Å². The molecule has 0 unspecified atom stereocenters. The molecule has 63 valence electrons. The molecule has 0 heterocycles. The molecule has 1 radical (unpaired) electrons. The van der Waals surface area contributed by atoms with Crippen molar-refractivity contribution in [1.29, 1.82) is 0 Å². The van der Waals surface area contributed by atoms with Gasteiger partial charge in [-0.2, -0.15) is 0 Å². The van der Waals surface area contributed by atoms with E-state index in [-0.39, 0.29) is 0 Å². The molecule has 0 aliphatic carbocycles. The third kappa shape index (κ3) is 2.12. The van der Waals surface area contributed by atoms with Crippen molar-refractivity contribution in [2.75, 3.05) is 0 Å². The number of rotatable bonds is 2. The molecule has 0 fully saturated rings. The van der Waals surface area contributed by atoms with E-state index in [2.05, 4.69) is 26.5 Å². The highest BCUT2D eigenvalue weighted by Gasteiger charge is 2.01. The van der Waals surface area contributed by atoms with Crippen molar-refractivity contribution in [2.45, 2.75) is 13.8 Å². The molecule has 1 rings (SSSR count). The molecule has 1 aromatic carbocycles. The Hall–Kier alpha value is -0.750. The van der Waals surface area contributed by atoms with Gasteiger partial charge in [0, 0.05) is 5.02 Å². The number of halogens is 1. The third-order valence-corrected chi connectivity index (χ3v) is 1.95. The van der Waals surface area contributed by atoms with E-state index in [4.69, 9.17) is 11.6 Å². The Morgan fingerprint density at radius 1 is 1.33 bits per heavy atom. The molecule has 0 saturated heterocycles. The first-order valence-corrected chi connectivity index (χ1v) is 4.25. The summed E-state index contributed by atoms with van der Waals surface area (Å²) in [4.78, 5) is 0. The fraction of sp³-hybridized carbons (Fsp3) is 0.182. The maximum atomic E-state index is 5.91. The van der Waals surface area contributed by atoms with E-state index in [1.807, 2.05) is 12.1 Å². The molecule has 0 atom stereocenters. The Morgan fingerprint density at radius 2 is 2.00 bits per heavy atom. The molecule has 0 aromatic heterocycles. The Bertz CT molecular complexity index is 287. The molecular weight excluding hydrogens is 168 g/mol. The first kappa shape index (κ1) is 9.34. The minimum absolute atomic E-state index is 0.767. The van der Waals surface area contributed by atoms with E-state index in [0.717, 1.165) is 10.6 Å². The zero-order valence-corrected chi connectivity index (χ0v) is 8.15. The standard InChI is InChI=1S/C11H12Cl/c1-4-9-5-10(8(2)3)7-11(12)6-9/h4-7H,1H2,2-3H3. The van der Waals surface area contributed by atoms with Crippen LogP contribution in [0.2, 0.25) is 5.02 Å². The van der Waals surface area contributed by atoms with Gasteiger partial charge in [-0.05, 0) is 29.2 Å². The lowest BCUT2D eigenvalue weighted by atomic mass is 10.0. The molecule has 0 aliphatic rings. The van der Waals surface area contributed by atoms with Crippen LogP contribution in [0.4, 0.5) is 0 Å². The molecule has 0 amide bonds. The number of hydrogen-bond acceptors (Lipinski definition) is 0. The van der Waals surface area contributed by atoms with E-state index in [1.165, 1.54) is 11.5 Å². The molecule has 0 aliphatic heterocycles. The largest absolute Gasteiger partial charge is 0.0985 e. The lowest BCUT2D eigenvalue weighted by Crippen LogP contribution is -1.88. The molecule has 0 nitrogen and oxygen atoms in total. The highest BCUT2D eigenvalue weighted by Crippen LogP contribution is 2.21. The summed E-state index contributed by atoms with van der Waals surface area (Å²) in [5.41, 5.74) is 2.25. The van der Waals surface area contributed by atoms with Gasteiger partial charge in [-0.3, -0.25) is 0 Å². The van der Waals surface area contributed by atoms with Crippen LogP contribution < -0.4 is 0 Å². The van der Waals surface area contributed by atoms with Gasteiger partial charge in [0.25, 0.3) is 0 Å². The quantitative estimate of drug-likeness (QED) is 0.645. The van der Waals surface area contributed by atoms with E-state index in [9.17, 15) is 0 Å². The molecule has 0 saturated carbocycles. The van der Waals surface area contributed by atoms with Gasteiger partial charge in [0.15, 0.2) is 0 Å². The van der Waals surface area contributed by atoms with Crippen LogP contribution in [0.5, 0.6) is 0 Å². The second kappa shape index (κ2) is 3.77. The van der Waals surface area contributed by atoms with Crippen LogP contribution in [0, 0.1) is 5.92 Å². The van der Waals surface area contributed by atoms with Crippen molar-refractivity contribution >= 4 is 17.7 Å². The monoisotopic (exact) mass is 179 g/mol. The number of benzene rings is 1. The first-order valence-electron chi connectivity index (χ1n) is 3.87. The highest BCUT2D eigenvalue weighted by atomic mass is 35.5. The fourth-order valence-corrected chi connectivity index (χ4v) is 1.26. The molecule has 0 bridgehead atoms. The van der Waals surface area contributed by atoms with Crippen molar-refractivity contribution in [3.05, 3.63) is 46.8 Å². The first-order chi connectivity index (χ1) is 5.63. The molecule has 1 aromatic rings. The molecule has 0 spiro atoms. The van der Waals surface area contributed by atoms with E-state index >= 15 is 0 Å². The summed E-state index contributed by atoms with van der Waals surface area (Å²) in [5, 5.41) is 0.767. The van der Waals surface area contributed by atoms with E-state index in [0.29, 0.717) is 0 Å². The third-order valence-electron chi connectivity index (χ3n) is 1.73. The molecule has 1 heteroatoms. The Kier molecular flexibility index (Phi) is 2.93. The van der Waals surface area contributed by atoms with Crippen LogP contribution in [0.1, 0.15) is 25.0 Å². The van der Waals surface area contributed by atoms with Gasteiger partial charge >= 0.3 is 0 Å². The topological polar surface area (TPSA) is 0 Å². The second-order valence-corrected chi connectivity index (χ2v) is 3.41. The lowest BCUT2D eigenvalue weighted by molar-refractivity contribution is 1.15. The van der Waals surface area contributed by atoms with Crippen molar-refractivity contribution in [2.24, 2.45) is 0 Å². The second-order valence-electron chi connectivity index (χ2n) is 2.98. The maximum Gasteiger partial charge on any atom is 0.0414 e. The Labute approximate surface area is 78.9 Å². The lowest BCUT2D eigenvalue weighted by Gasteiger charge is -2.06. The van der Waals surface area contributed by atoms with Gasteiger partial charge in [-0.1, -0.05) is 44.2 Å². The summed E-state index contributed by atoms with van der Waals surface area (Å²) < 4.78 is 0. The van der Waals surface area contributed by atoms with Gasteiger partial charge in [-0.25, -0.2) is 0 Å².